The first-order chi connectivity index (χ1) is 13.7. The standard InChI is InChI=1S/C19H22N4O6/c1-5-20-18(27)15-14(17-21-19(9(4)24)29-23-17)16(28-22-15)11-6-10(8(2)3)12(25)7-13(11)26/h6-9,24-26H,5H2,1-4H3,(H,20,27). The van der Waals surface area contributed by atoms with Gasteiger partial charge in [-0.15, -0.1) is 0 Å². The fourth-order valence-corrected chi connectivity index (χ4v) is 2.83. The Labute approximate surface area is 166 Å². The number of benzene rings is 1. The number of aromatic hydroxyl groups is 2. The zero-order chi connectivity index (χ0) is 21.3. The lowest BCUT2D eigenvalue weighted by atomic mass is 9.96. The van der Waals surface area contributed by atoms with Crippen molar-refractivity contribution in [2.75, 3.05) is 6.54 Å². The van der Waals surface area contributed by atoms with E-state index in [9.17, 15) is 20.1 Å². The third-order valence-corrected chi connectivity index (χ3v) is 4.28. The Morgan fingerprint density at radius 3 is 2.45 bits per heavy atom. The summed E-state index contributed by atoms with van der Waals surface area (Å²) < 4.78 is 10.4. The van der Waals surface area contributed by atoms with Crippen LogP contribution < -0.4 is 5.32 Å². The van der Waals surface area contributed by atoms with E-state index in [2.05, 4.69) is 20.6 Å². The molecule has 1 unspecified atom stereocenters. The van der Waals surface area contributed by atoms with Crippen molar-refractivity contribution in [1.29, 1.82) is 0 Å². The molecule has 154 valence electrons. The van der Waals surface area contributed by atoms with Gasteiger partial charge in [0.05, 0.1) is 5.56 Å². The van der Waals surface area contributed by atoms with Gasteiger partial charge in [0.15, 0.2) is 11.5 Å². The van der Waals surface area contributed by atoms with Gasteiger partial charge >= 0.3 is 0 Å². The molecule has 0 aliphatic rings. The van der Waals surface area contributed by atoms with Crippen molar-refractivity contribution in [2.45, 2.75) is 39.7 Å². The summed E-state index contributed by atoms with van der Waals surface area (Å²) in [7, 11) is 0. The molecular formula is C19H22N4O6. The van der Waals surface area contributed by atoms with E-state index in [0.29, 0.717) is 12.1 Å². The Hall–Kier alpha value is -3.40. The van der Waals surface area contributed by atoms with Crippen LogP contribution in [0.25, 0.3) is 22.7 Å². The zero-order valence-electron chi connectivity index (χ0n) is 16.4. The summed E-state index contributed by atoms with van der Waals surface area (Å²) in [5, 5.41) is 40.5. The first-order valence-corrected chi connectivity index (χ1v) is 9.10. The minimum Gasteiger partial charge on any atom is -0.508 e. The molecular weight excluding hydrogens is 380 g/mol. The summed E-state index contributed by atoms with van der Waals surface area (Å²) in [5.41, 5.74) is 0.770. The van der Waals surface area contributed by atoms with Crippen LogP contribution in [-0.2, 0) is 0 Å². The molecule has 1 aromatic carbocycles. The SMILES string of the molecule is CCNC(=O)c1noc(-c2cc(C(C)C)c(O)cc2O)c1-c1noc(C(C)O)n1. The predicted molar refractivity (Wildman–Crippen MR) is 101 cm³/mol. The van der Waals surface area contributed by atoms with E-state index in [-0.39, 0.29) is 51.7 Å². The fraction of sp³-hybridized carbons (Fsp3) is 0.368. The highest BCUT2D eigenvalue weighted by atomic mass is 16.5. The average Bonchev–Trinajstić information content (AvgIpc) is 3.28. The third-order valence-electron chi connectivity index (χ3n) is 4.28. The van der Waals surface area contributed by atoms with E-state index in [1.165, 1.54) is 13.0 Å². The molecule has 0 spiro atoms. The lowest BCUT2D eigenvalue weighted by molar-refractivity contribution is 0.0947. The number of aliphatic hydroxyl groups excluding tert-OH is 1. The Morgan fingerprint density at radius 2 is 1.86 bits per heavy atom. The fourth-order valence-electron chi connectivity index (χ4n) is 2.83. The second-order valence-corrected chi connectivity index (χ2v) is 6.81. The highest BCUT2D eigenvalue weighted by Crippen LogP contribution is 2.42. The van der Waals surface area contributed by atoms with Gasteiger partial charge in [0.2, 0.25) is 5.82 Å². The molecule has 1 amide bonds. The number of nitrogens with one attached hydrogen (secondary N) is 1. The maximum atomic E-state index is 12.5. The number of carbonyl (C=O) groups excluding carboxylic acids is 1. The van der Waals surface area contributed by atoms with E-state index in [1.807, 2.05) is 13.8 Å². The van der Waals surface area contributed by atoms with E-state index >= 15 is 0 Å². The van der Waals surface area contributed by atoms with Crippen molar-refractivity contribution in [3.8, 4) is 34.2 Å². The summed E-state index contributed by atoms with van der Waals surface area (Å²) in [6, 6.07) is 2.75. The minimum absolute atomic E-state index is 0.0306. The molecule has 0 aliphatic heterocycles. The van der Waals surface area contributed by atoms with Gasteiger partial charge in [-0.2, -0.15) is 4.98 Å². The zero-order valence-corrected chi connectivity index (χ0v) is 16.4. The lowest BCUT2D eigenvalue weighted by Crippen LogP contribution is -2.23. The molecule has 0 saturated carbocycles. The van der Waals surface area contributed by atoms with Crippen molar-refractivity contribution in [1.82, 2.24) is 20.6 Å². The first kappa shape index (κ1) is 20.3. The summed E-state index contributed by atoms with van der Waals surface area (Å²) in [4.78, 5) is 16.6. The van der Waals surface area contributed by atoms with Crippen LogP contribution in [0.4, 0.5) is 0 Å². The number of carbonyl (C=O) groups is 1. The van der Waals surface area contributed by atoms with Gasteiger partial charge in [-0.05, 0) is 31.4 Å². The molecule has 10 heteroatoms. The first-order valence-electron chi connectivity index (χ1n) is 9.10. The van der Waals surface area contributed by atoms with Gasteiger partial charge in [-0.25, -0.2) is 0 Å². The largest absolute Gasteiger partial charge is 0.508 e. The maximum Gasteiger partial charge on any atom is 0.274 e. The van der Waals surface area contributed by atoms with Crippen LogP contribution in [0, 0.1) is 0 Å². The number of hydrogen-bond donors (Lipinski definition) is 4. The molecule has 4 N–H and O–H groups in total. The maximum absolute atomic E-state index is 12.5. The van der Waals surface area contributed by atoms with Gasteiger partial charge in [0.1, 0.15) is 23.2 Å². The van der Waals surface area contributed by atoms with Crippen molar-refractivity contribution < 1.29 is 29.2 Å². The van der Waals surface area contributed by atoms with E-state index in [4.69, 9.17) is 9.05 Å². The molecule has 1 atom stereocenters. The Bertz CT molecular complexity index is 1040. The average molecular weight is 402 g/mol. The Morgan fingerprint density at radius 1 is 1.14 bits per heavy atom. The number of nitrogens with zero attached hydrogens (tertiary/aromatic N) is 3. The number of phenolic OH excluding ortho intramolecular Hbond substituents is 2. The van der Waals surface area contributed by atoms with Crippen LogP contribution in [0.5, 0.6) is 11.5 Å². The molecule has 0 bridgehead atoms. The van der Waals surface area contributed by atoms with Crippen molar-refractivity contribution in [3.63, 3.8) is 0 Å². The monoisotopic (exact) mass is 402 g/mol. The lowest BCUT2D eigenvalue weighted by Gasteiger charge is -2.11. The molecule has 3 rings (SSSR count). The molecule has 0 radical (unpaired) electrons. The van der Waals surface area contributed by atoms with Crippen LogP contribution in [0.15, 0.2) is 21.2 Å². The highest BCUT2D eigenvalue weighted by molar-refractivity contribution is 6.01. The number of hydrogen-bond acceptors (Lipinski definition) is 9. The minimum atomic E-state index is -1.01. The van der Waals surface area contributed by atoms with E-state index in [0.717, 1.165) is 0 Å². The van der Waals surface area contributed by atoms with Crippen LogP contribution in [0.1, 0.15) is 61.7 Å². The third kappa shape index (κ3) is 3.79. The summed E-state index contributed by atoms with van der Waals surface area (Å²) in [6.07, 6.45) is -1.01. The topological polar surface area (TPSA) is 155 Å². The molecule has 0 fully saturated rings. The quantitative estimate of drug-likeness (QED) is 0.487. The van der Waals surface area contributed by atoms with Crippen LogP contribution in [0.2, 0.25) is 0 Å². The van der Waals surface area contributed by atoms with Gasteiger partial charge < -0.3 is 29.7 Å². The Kier molecular flexibility index (Phi) is 5.55. The predicted octanol–water partition coefficient (Wildman–Crippen LogP) is 2.73. The number of amides is 1. The van der Waals surface area contributed by atoms with Crippen molar-refractivity contribution in [3.05, 3.63) is 29.3 Å². The molecule has 29 heavy (non-hydrogen) atoms. The Balaban J connectivity index is 2.25. The second kappa shape index (κ2) is 7.92. The number of aromatic nitrogens is 3. The summed E-state index contributed by atoms with van der Waals surface area (Å²) >= 11 is 0. The molecule has 2 heterocycles. The highest BCUT2D eigenvalue weighted by Gasteiger charge is 2.30. The second-order valence-electron chi connectivity index (χ2n) is 6.81. The normalized spacial score (nSPS) is 12.3. The number of phenols is 2. The van der Waals surface area contributed by atoms with Gasteiger partial charge in [0.25, 0.3) is 11.8 Å². The molecule has 2 aromatic heterocycles. The van der Waals surface area contributed by atoms with Gasteiger partial charge in [-0.1, -0.05) is 24.2 Å². The summed E-state index contributed by atoms with van der Waals surface area (Å²) in [5.74, 6) is -0.959. The van der Waals surface area contributed by atoms with Gasteiger partial charge in [0, 0.05) is 12.6 Å². The smallest absolute Gasteiger partial charge is 0.274 e. The van der Waals surface area contributed by atoms with E-state index < -0.39 is 12.0 Å². The van der Waals surface area contributed by atoms with Crippen molar-refractivity contribution >= 4 is 5.91 Å². The van der Waals surface area contributed by atoms with Crippen LogP contribution in [0.3, 0.4) is 0 Å². The summed E-state index contributed by atoms with van der Waals surface area (Å²) in [6.45, 7) is 7.32. The molecule has 3 aromatic rings. The molecule has 10 nitrogen and oxygen atoms in total. The molecule has 0 saturated heterocycles. The number of aliphatic hydroxyl groups is 1. The van der Waals surface area contributed by atoms with Gasteiger partial charge in [-0.3, -0.25) is 4.79 Å². The van der Waals surface area contributed by atoms with Crippen molar-refractivity contribution in [2.24, 2.45) is 0 Å². The van der Waals surface area contributed by atoms with Crippen LogP contribution in [-0.4, -0.2) is 43.1 Å². The van der Waals surface area contributed by atoms with E-state index in [1.54, 1.807) is 13.0 Å². The van der Waals surface area contributed by atoms with Crippen LogP contribution >= 0.6 is 0 Å². The molecule has 0 aliphatic carbocycles. The number of rotatable bonds is 6.